The van der Waals surface area contributed by atoms with Crippen molar-refractivity contribution in [3.8, 4) is 0 Å². The van der Waals surface area contributed by atoms with E-state index in [9.17, 15) is 10.2 Å². The molecule has 1 heterocycles. The zero-order valence-electron chi connectivity index (χ0n) is 12.4. The van der Waals surface area contributed by atoms with Crippen LogP contribution < -0.4 is 5.48 Å². The molecular weight excluding hydrogens is 286 g/mol. The Morgan fingerprint density at radius 2 is 2.09 bits per heavy atom. The molecule has 5 atom stereocenters. The molecule has 1 aromatic rings. The summed E-state index contributed by atoms with van der Waals surface area (Å²) in [6.45, 7) is 0.370. The average molecular weight is 307 g/mol. The zero-order valence-corrected chi connectivity index (χ0v) is 12.4. The third kappa shape index (κ3) is 2.94. The Kier molecular flexibility index (Phi) is 4.58. The van der Waals surface area contributed by atoms with Crippen LogP contribution in [0.1, 0.15) is 12.0 Å². The zero-order chi connectivity index (χ0) is 15.6. The maximum absolute atomic E-state index is 10.5. The summed E-state index contributed by atoms with van der Waals surface area (Å²) in [6, 6.07) is 9.74. The van der Waals surface area contributed by atoms with Gasteiger partial charge in [-0.3, -0.25) is 4.84 Å². The average Bonchev–Trinajstić information content (AvgIpc) is 2.54. The van der Waals surface area contributed by atoms with E-state index in [-0.39, 0.29) is 0 Å². The van der Waals surface area contributed by atoms with E-state index in [1.54, 1.807) is 12.2 Å². The van der Waals surface area contributed by atoms with Gasteiger partial charge >= 0.3 is 0 Å². The smallest absolute Gasteiger partial charge is 0.160 e. The van der Waals surface area contributed by atoms with Gasteiger partial charge in [-0.15, -0.1) is 0 Å². The third-order valence-electron chi connectivity index (χ3n) is 4.19. The summed E-state index contributed by atoms with van der Waals surface area (Å²) in [4.78, 5) is 5.58. The third-order valence-corrected chi connectivity index (χ3v) is 4.19. The lowest BCUT2D eigenvalue weighted by molar-refractivity contribution is -0.266. The van der Waals surface area contributed by atoms with Crippen molar-refractivity contribution in [2.75, 3.05) is 7.11 Å². The molecule has 6 heteroatoms. The highest BCUT2D eigenvalue weighted by Gasteiger charge is 2.52. The molecule has 0 spiro atoms. The van der Waals surface area contributed by atoms with Crippen LogP contribution in [0, 0.1) is 0 Å². The molecule has 0 saturated carbocycles. The van der Waals surface area contributed by atoms with Crippen molar-refractivity contribution in [3.05, 3.63) is 48.0 Å². The molecule has 120 valence electrons. The molecule has 3 unspecified atom stereocenters. The molecule has 3 N–H and O–H groups in total. The maximum Gasteiger partial charge on any atom is 0.160 e. The van der Waals surface area contributed by atoms with Crippen LogP contribution in [0.2, 0.25) is 0 Å². The second-order valence-electron chi connectivity index (χ2n) is 5.68. The summed E-state index contributed by atoms with van der Waals surface area (Å²) in [5, 5.41) is 20.4. The number of benzene rings is 1. The lowest BCUT2D eigenvalue weighted by atomic mass is 9.77. The number of nitrogens with one attached hydrogen (secondary N) is 1. The summed E-state index contributed by atoms with van der Waals surface area (Å²) in [5.41, 5.74) is 3.13. The van der Waals surface area contributed by atoms with E-state index in [0.717, 1.165) is 5.56 Å². The molecule has 1 saturated heterocycles. The van der Waals surface area contributed by atoms with Crippen LogP contribution in [-0.4, -0.2) is 47.5 Å². The Balaban J connectivity index is 1.70. The fourth-order valence-electron chi connectivity index (χ4n) is 2.90. The van der Waals surface area contributed by atoms with E-state index in [1.165, 1.54) is 7.11 Å². The Hall–Kier alpha value is -1.28. The van der Waals surface area contributed by atoms with E-state index in [4.69, 9.17) is 14.3 Å². The number of rotatable bonds is 5. The molecule has 1 fully saturated rings. The van der Waals surface area contributed by atoms with Crippen LogP contribution in [0.4, 0.5) is 0 Å². The summed E-state index contributed by atoms with van der Waals surface area (Å²) >= 11 is 0. The predicted octanol–water partition coefficient (Wildman–Crippen LogP) is 0.500. The van der Waals surface area contributed by atoms with E-state index < -0.39 is 30.1 Å². The van der Waals surface area contributed by atoms with Crippen molar-refractivity contribution in [2.45, 2.75) is 43.2 Å². The van der Waals surface area contributed by atoms with E-state index in [2.05, 4.69) is 5.48 Å². The summed E-state index contributed by atoms with van der Waals surface area (Å²) < 4.78 is 10.8. The molecule has 22 heavy (non-hydrogen) atoms. The van der Waals surface area contributed by atoms with E-state index >= 15 is 0 Å². The topological polar surface area (TPSA) is 80.2 Å². The van der Waals surface area contributed by atoms with Crippen LogP contribution in [0.5, 0.6) is 0 Å². The lowest BCUT2D eigenvalue weighted by Crippen LogP contribution is -2.67. The van der Waals surface area contributed by atoms with Crippen molar-refractivity contribution in [1.82, 2.24) is 5.48 Å². The highest BCUT2D eigenvalue weighted by atomic mass is 16.7. The first-order chi connectivity index (χ1) is 10.6. The van der Waals surface area contributed by atoms with Gasteiger partial charge in [-0.05, 0) is 5.56 Å². The van der Waals surface area contributed by atoms with Crippen molar-refractivity contribution < 1.29 is 24.5 Å². The number of fused-ring (bicyclic) bond motifs is 2. The van der Waals surface area contributed by atoms with Crippen LogP contribution in [0.15, 0.2) is 42.5 Å². The molecule has 0 aromatic heterocycles. The van der Waals surface area contributed by atoms with Gasteiger partial charge in [-0.2, -0.15) is 5.48 Å². The Morgan fingerprint density at radius 3 is 2.82 bits per heavy atom. The van der Waals surface area contributed by atoms with Gasteiger partial charge in [0, 0.05) is 13.5 Å². The SMILES string of the molecule is CO[C@H]1CC2(NOCc3ccccc3)C=CC(O)[C@@H](O1)C2O. The summed E-state index contributed by atoms with van der Waals surface area (Å²) in [7, 11) is 1.53. The van der Waals surface area contributed by atoms with Gasteiger partial charge in [0.15, 0.2) is 6.29 Å². The minimum Gasteiger partial charge on any atom is -0.388 e. The minimum absolute atomic E-state index is 0.370. The number of methoxy groups -OCH3 is 1. The molecule has 3 rings (SSSR count). The molecule has 0 amide bonds. The molecule has 6 nitrogen and oxygen atoms in total. The van der Waals surface area contributed by atoms with Crippen LogP contribution >= 0.6 is 0 Å². The predicted molar refractivity (Wildman–Crippen MR) is 78.5 cm³/mol. The minimum atomic E-state index is -0.922. The number of aliphatic hydroxyl groups excluding tert-OH is 2. The van der Waals surface area contributed by atoms with Gasteiger partial charge in [0.05, 0.1) is 12.1 Å². The molecule has 1 aromatic carbocycles. The summed E-state index contributed by atoms with van der Waals surface area (Å²) in [6.07, 6.45) is 0.698. The molecular formula is C16H21NO5. The largest absolute Gasteiger partial charge is 0.388 e. The number of aliphatic hydroxyl groups is 2. The van der Waals surface area contributed by atoms with Crippen molar-refractivity contribution in [3.63, 3.8) is 0 Å². The Bertz CT molecular complexity index is 523. The van der Waals surface area contributed by atoms with Gasteiger partial charge < -0.3 is 19.7 Å². The molecule has 2 aliphatic rings. The first-order valence-corrected chi connectivity index (χ1v) is 7.31. The monoisotopic (exact) mass is 307 g/mol. The van der Waals surface area contributed by atoms with Gasteiger partial charge in [0.25, 0.3) is 0 Å². The number of hydrogen-bond donors (Lipinski definition) is 3. The summed E-state index contributed by atoms with van der Waals surface area (Å²) in [5.74, 6) is 0. The second-order valence-corrected chi connectivity index (χ2v) is 5.68. The van der Waals surface area contributed by atoms with Gasteiger partial charge in [0.1, 0.15) is 18.3 Å². The highest BCUT2D eigenvalue weighted by molar-refractivity contribution is 5.22. The van der Waals surface area contributed by atoms with Crippen LogP contribution in [0.3, 0.4) is 0 Å². The fourth-order valence-corrected chi connectivity index (χ4v) is 2.90. The Morgan fingerprint density at radius 1 is 1.32 bits per heavy atom. The molecule has 2 bridgehead atoms. The van der Waals surface area contributed by atoms with Crippen molar-refractivity contribution in [2.24, 2.45) is 0 Å². The van der Waals surface area contributed by atoms with Gasteiger partial charge in [-0.25, -0.2) is 0 Å². The Labute approximate surface area is 129 Å². The number of ether oxygens (including phenoxy) is 2. The molecule has 1 aliphatic heterocycles. The van der Waals surface area contributed by atoms with Crippen LogP contribution in [-0.2, 0) is 20.9 Å². The van der Waals surface area contributed by atoms with Crippen LogP contribution in [0.25, 0.3) is 0 Å². The van der Waals surface area contributed by atoms with Crippen molar-refractivity contribution >= 4 is 0 Å². The van der Waals surface area contributed by atoms with E-state index in [1.807, 2.05) is 30.3 Å². The fraction of sp³-hybridized carbons (Fsp3) is 0.500. The second kappa shape index (κ2) is 6.45. The molecule has 0 radical (unpaired) electrons. The van der Waals surface area contributed by atoms with Gasteiger partial charge in [-0.1, -0.05) is 42.5 Å². The van der Waals surface area contributed by atoms with Gasteiger partial charge in [0.2, 0.25) is 0 Å². The molecule has 1 aliphatic carbocycles. The van der Waals surface area contributed by atoms with E-state index in [0.29, 0.717) is 13.0 Å². The standard InChI is InChI=1S/C16H21NO5/c1-20-13-9-16(8-7-12(18)14(22-13)15(16)19)17-21-10-11-5-3-2-4-6-11/h2-8,12-15,17-19H,9-10H2,1H3/t12?,13-,14-,15?,16?/m1/s1. The number of hydrogen-bond acceptors (Lipinski definition) is 6. The lowest BCUT2D eigenvalue weighted by Gasteiger charge is -2.49. The normalized spacial score (nSPS) is 37.2. The maximum atomic E-state index is 10.5. The van der Waals surface area contributed by atoms with Crippen molar-refractivity contribution in [1.29, 1.82) is 0 Å². The highest BCUT2D eigenvalue weighted by Crippen LogP contribution is 2.36. The number of hydroxylamine groups is 1. The first kappa shape index (κ1) is 15.6. The first-order valence-electron chi connectivity index (χ1n) is 7.31. The quantitative estimate of drug-likeness (QED) is 0.543.